The molecule has 1 fully saturated rings. The standard InChI is InChI=1S/C16H25ClN2O/c1-12(18)16(14-5-3-4-6-15(14)17)19(2)9-10-20-11-13-7-8-13/h3-6,12-13,16H,7-11,18H2,1-2H3. The van der Waals surface area contributed by atoms with Crippen molar-refractivity contribution in [2.24, 2.45) is 11.7 Å². The first kappa shape index (κ1) is 15.8. The molecule has 1 aromatic carbocycles. The fraction of sp³-hybridized carbons (Fsp3) is 0.625. The van der Waals surface area contributed by atoms with Crippen molar-refractivity contribution in [3.8, 4) is 0 Å². The molecular formula is C16H25ClN2O. The molecule has 2 N–H and O–H groups in total. The lowest BCUT2D eigenvalue weighted by Crippen LogP contribution is -2.39. The van der Waals surface area contributed by atoms with Crippen LogP contribution in [0.4, 0.5) is 0 Å². The number of nitrogens with zero attached hydrogens (tertiary/aromatic N) is 1. The second kappa shape index (κ2) is 7.41. The number of hydrogen-bond donors (Lipinski definition) is 1. The summed E-state index contributed by atoms with van der Waals surface area (Å²) in [6.07, 6.45) is 2.66. The van der Waals surface area contributed by atoms with Crippen molar-refractivity contribution in [1.82, 2.24) is 4.90 Å². The molecular weight excluding hydrogens is 272 g/mol. The van der Waals surface area contributed by atoms with Crippen molar-refractivity contribution in [2.75, 3.05) is 26.8 Å². The van der Waals surface area contributed by atoms with Crippen LogP contribution < -0.4 is 5.73 Å². The van der Waals surface area contributed by atoms with Crippen molar-refractivity contribution in [3.05, 3.63) is 34.9 Å². The van der Waals surface area contributed by atoms with E-state index in [0.29, 0.717) is 0 Å². The Morgan fingerprint density at radius 1 is 1.40 bits per heavy atom. The third-order valence-corrected chi connectivity index (χ3v) is 4.18. The maximum Gasteiger partial charge on any atom is 0.0593 e. The molecule has 1 saturated carbocycles. The van der Waals surface area contributed by atoms with Gasteiger partial charge in [-0.1, -0.05) is 29.8 Å². The van der Waals surface area contributed by atoms with Gasteiger partial charge in [0.25, 0.3) is 0 Å². The molecule has 1 aromatic rings. The molecule has 112 valence electrons. The maximum absolute atomic E-state index is 6.30. The third kappa shape index (κ3) is 4.45. The summed E-state index contributed by atoms with van der Waals surface area (Å²) in [5.41, 5.74) is 7.25. The van der Waals surface area contributed by atoms with E-state index in [4.69, 9.17) is 22.1 Å². The van der Waals surface area contributed by atoms with Gasteiger partial charge in [0.1, 0.15) is 0 Å². The lowest BCUT2D eigenvalue weighted by atomic mass is 9.99. The fourth-order valence-corrected chi connectivity index (χ4v) is 2.77. The number of rotatable bonds is 8. The largest absolute Gasteiger partial charge is 0.380 e. The molecule has 1 aliphatic rings. The molecule has 0 heterocycles. The van der Waals surface area contributed by atoms with Crippen LogP contribution >= 0.6 is 11.6 Å². The van der Waals surface area contributed by atoms with E-state index in [9.17, 15) is 0 Å². The van der Waals surface area contributed by atoms with Crippen molar-refractivity contribution >= 4 is 11.6 Å². The number of halogens is 1. The van der Waals surface area contributed by atoms with Gasteiger partial charge in [0.15, 0.2) is 0 Å². The predicted molar refractivity (Wildman–Crippen MR) is 84.0 cm³/mol. The van der Waals surface area contributed by atoms with Gasteiger partial charge >= 0.3 is 0 Å². The molecule has 2 unspecified atom stereocenters. The van der Waals surface area contributed by atoms with Gasteiger partial charge in [-0.2, -0.15) is 0 Å². The topological polar surface area (TPSA) is 38.5 Å². The summed E-state index contributed by atoms with van der Waals surface area (Å²) >= 11 is 6.30. The monoisotopic (exact) mass is 296 g/mol. The van der Waals surface area contributed by atoms with E-state index < -0.39 is 0 Å². The lowest BCUT2D eigenvalue weighted by molar-refractivity contribution is 0.0876. The highest BCUT2D eigenvalue weighted by atomic mass is 35.5. The highest BCUT2D eigenvalue weighted by molar-refractivity contribution is 6.31. The quantitative estimate of drug-likeness (QED) is 0.749. The molecule has 0 saturated heterocycles. The summed E-state index contributed by atoms with van der Waals surface area (Å²) in [6, 6.07) is 8.06. The first-order chi connectivity index (χ1) is 9.59. The lowest BCUT2D eigenvalue weighted by Gasteiger charge is -2.32. The molecule has 0 aliphatic heterocycles. The number of ether oxygens (including phenoxy) is 1. The van der Waals surface area contributed by atoms with Crippen LogP contribution in [-0.4, -0.2) is 37.7 Å². The molecule has 4 heteroatoms. The van der Waals surface area contributed by atoms with Gasteiger partial charge in [-0.25, -0.2) is 0 Å². The maximum atomic E-state index is 6.30. The van der Waals surface area contributed by atoms with Crippen LogP contribution in [0.15, 0.2) is 24.3 Å². The van der Waals surface area contributed by atoms with E-state index in [-0.39, 0.29) is 12.1 Å². The molecule has 0 radical (unpaired) electrons. The molecule has 2 atom stereocenters. The van der Waals surface area contributed by atoms with Crippen molar-refractivity contribution in [2.45, 2.75) is 31.8 Å². The van der Waals surface area contributed by atoms with Gasteiger partial charge in [-0.15, -0.1) is 0 Å². The van der Waals surface area contributed by atoms with Gasteiger partial charge in [-0.3, -0.25) is 4.90 Å². The van der Waals surface area contributed by atoms with Crippen LogP contribution in [0.2, 0.25) is 5.02 Å². The van der Waals surface area contributed by atoms with Crippen LogP contribution in [0.1, 0.15) is 31.4 Å². The summed E-state index contributed by atoms with van der Waals surface area (Å²) in [6.45, 7) is 4.54. The number of benzene rings is 1. The van der Waals surface area contributed by atoms with Crippen molar-refractivity contribution in [3.63, 3.8) is 0 Å². The predicted octanol–water partition coefficient (Wildman–Crippen LogP) is 3.09. The van der Waals surface area contributed by atoms with Crippen LogP contribution in [0.25, 0.3) is 0 Å². The van der Waals surface area contributed by atoms with Gasteiger partial charge in [0.2, 0.25) is 0 Å². The Kier molecular flexibility index (Phi) is 5.85. The fourth-order valence-electron chi connectivity index (χ4n) is 2.52. The Labute approximate surface area is 127 Å². The van der Waals surface area contributed by atoms with E-state index >= 15 is 0 Å². The Bertz CT molecular complexity index is 421. The van der Waals surface area contributed by atoms with Crippen molar-refractivity contribution in [1.29, 1.82) is 0 Å². The normalized spacial score (nSPS) is 18.2. The van der Waals surface area contributed by atoms with E-state index in [1.165, 1.54) is 12.8 Å². The minimum Gasteiger partial charge on any atom is -0.380 e. The highest BCUT2D eigenvalue weighted by Gasteiger charge is 2.24. The minimum absolute atomic E-state index is 0.0170. The molecule has 0 aromatic heterocycles. The number of nitrogens with two attached hydrogens (primary N) is 1. The van der Waals surface area contributed by atoms with Gasteiger partial charge in [0.05, 0.1) is 12.6 Å². The molecule has 2 rings (SSSR count). The van der Waals surface area contributed by atoms with Crippen LogP contribution in [-0.2, 0) is 4.74 Å². The Morgan fingerprint density at radius 2 is 2.10 bits per heavy atom. The Morgan fingerprint density at radius 3 is 2.70 bits per heavy atom. The van der Waals surface area contributed by atoms with Crippen LogP contribution in [0.5, 0.6) is 0 Å². The summed E-state index contributed by atoms with van der Waals surface area (Å²) in [5, 5.41) is 0.778. The number of hydrogen-bond acceptors (Lipinski definition) is 3. The average Bonchev–Trinajstić information content (AvgIpc) is 3.21. The van der Waals surface area contributed by atoms with E-state index in [1.807, 2.05) is 25.1 Å². The van der Waals surface area contributed by atoms with Crippen molar-refractivity contribution < 1.29 is 4.74 Å². The SMILES string of the molecule is CC(N)C(c1ccccc1Cl)N(C)CCOCC1CC1. The highest BCUT2D eigenvalue weighted by Crippen LogP contribution is 2.30. The van der Waals surface area contributed by atoms with E-state index in [2.05, 4.69) is 18.0 Å². The average molecular weight is 297 g/mol. The molecule has 20 heavy (non-hydrogen) atoms. The van der Waals surface area contributed by atoms with E-state index in [0.717, 1.165) is 36.3 Å². The summed E-state index contributed by atoms with van der Waals surface area (Å²) in [4.78, 5) is 2.23. The van der Waals surface area contributed by atoms with Gasteiger partial charge < -0.3 is 10.5 Å². The zero-order chi connectivity index (χ0) is 14.5. The molecule has 1 aliphatic carbocycles. The third-order valence-electron chi connectivity index (χ3n) is 3.84. The van der Waals surface area contributed by atoms with Crippen LogP contribution in [0, 0.1) is 5.92 Å². The molecule has 0 spiro atoms. The first-order valence-electron chi connectivity index (χ1n) is 7.37. The smallest absolute Gasteiger partial charge is 0.0593 e. The number of likely N-dealkylation sites (N-methyl/N-ethyl adjacent to an activating group) is 1. The second-order valence-electron chi connectivity index (χ2n) is 5.82. The molecule has 0 amide bonds. The summed E-state index contributed by atoms with van der Waals surface area (Å²) < 4.78 is 5.71. The Hall–Kier alpha value is -0.610. The summed E-state index contributed by atoms with van der Waals surface area (Å²) in [7, 11) is 2.08. The zero-order valence-corrected chi connectivity index (χ0v) is 13.1. The molecule has 3 nitrogen and oxygen atoms in total. The van der Waals surface area contributed by atoms with Gasteiger partial charge in [-0.05, 0) is 44.4 Å². The Balaban J connectivity index is 1.91. The van der Waals surface area contributed by atoms with Crippen LogP contribution in [0.3, 0.4) is 0 Å². The van der Waals surface area contributed by atoms with E-state index in [1.54, 1.807) is 0 Å². The second-order valence-corrected chi connectivity index (χ2v) is 6.23. The zero-order valence-electron chi connectivity index (χ0n) is 12.4. The first-order valence-corrected chi connectivity index (χ1v) is 7.75. The minimum atomic E-state index is 0.0170. The van der Waals surface area contributed by atoms with Gasteiger partial charge in [0, 0.05) is 24.2 Å². The summed E-state index contributed by atoms with van der Waals surface area (Å²) in [5.74, 6) is 0.813. The molecule has 0 bridgehead atoms.